The molecule has 1 aromatic rings. The van der Waals surface area contributed by atoms with Crippen molar-refractivity contribution in [2.75, 3.05) is 6.54 Å². The van der Waals surface area contributed by atoms with Crippen LogP contribution in [-0.4, -0.2) is 18.4 Å². The third-order valence-corrected chi connectivity index (χ3v) is 7.15. The Kier molecular flexibility index (Phi) is 5.19. The van der Waals surface area contributed by atoms with Gasteiger partial charge in [0.1, 0.15) is 0 Å². The zero-order valence-corrected chi connectivity index (χ0v) is 16.7. The molecule has 4 aliphatic carbocycles. The molecule has 4 fully saturated rings. The van der Waals surface area contributed by atoms with Gasteiger partial charge in [-0.25, -0.2) is 0 Å². The lowest BCUT2D eigenvalue weighted by atomic mass is 9.49. The van der Waals surface area contributed by atoms with Crippen molar-refractivity contribution in [3.05, 3.63) is 34.9 Å². The maximum Gasteiger partial charge on any atom is 0.239 e. The first-order chi connectivity index (χ1) is 12.9. The van der Waals surface area contributed by atoms with E-state index in [0.29, 0.717) is 11.4 Å². The van der Waals surface area contributed by atoms with Crippen molar-refractivity contribution in [2.45, 2.75) is 57.9 Å². The van der Waals surface area contributed by atoms with Gasteiger partial charge >= 0.3 is 0 Å². The summed E-state index contributed by atoms with van der Waals surface area (Å²) in [6.45, 7) is 1.97. The van der Waals surface area contributed by atoms with Gasteiger partial charge in [0.2, 0.25) is 11.8 Å². The van der Waals surface area contributed by atoms with Crippen LogP contribution in [0.2, 0.25) is 5.02 Å². The summed E-state index contributed by atoms with van der Waals surface area (Å²) in [4.78, 5) is 24.7. The first kappa shape index (κ1) is 18.8. The number of carbonyl (C=O) groups excluding carboxylic acids is 2. The predicted molar refractivity (Wildman–Crippen MR) is 106 cm³/mol. The SMILES string of the molecule is C[C@H](NC(=O)CNC(=O)CC12CC3CC(CC(C3)C1)C2)c1ccc(Cl)cc1. The van der Waals surface area contributed by atoms with Gasteiger partial charge in [-0.15, -0.1) is 0 Å². The average Bonchev–Trinajstić information content (AvgIpc) is 2.59. The minimum absolute atomic E-state index is 0.0336. The van der Waals surface area contributed by atoms with E-state index in [4.69, 9.17) is 11.6 Å². The topological polar surface area (TPSA) is 58.2 Å². The Morgan fingerprint density at radius 3 is 2.15 bits per heavy atom. The molecular formula is C22H29ClN2O2. The highest BCUT2D eigenvalue weighted by Gasteiger charge is 2.51. The first-order valence-electron chi connectivity index (χ1n) is 10.2. The lowest BCUT2D eigenvalue weighted by Gasteiger charge is -2.56. The number of halogens is 1. The van der Waals surface area contributed by atoms with Gasteiger partial charge in [-0.05, 0) is 86.3 Å². The molecule has 2 N–H and O–H groups in total. The molecule has 0 radical (unpaired) electrons. The smallest absolute Gasteiger partial charge is 0.239 e. The van der Waals surface area contributed by atoms with E-state index in [1.165, 1.54) is 38.5 Å². The van der Waals surface area contributed by atoms with Gasteiger partial charge in [-0.3, -0.25) is 9.59 Å². The highest BCUT2D eigenvalue weighted by molar-refractivity contribution is 6.30. The van der Waals surface area contributed by atoms with E-state index in [-0.39, 0.29) is 29.8 Å². The molecule has 146 valence electrons. The fourth-order valence-electron chi connectivity index (χ4n) is 6.22. The second-order valence-electron chi connectivity index (χ2n) is 9.21. The summed E-state index contributed by atoms with van der Waals surface area (Å²) in [5.74, 6) is 2.40. The minimum atomic E-state index is -0.156. The summed E-state index contributed by atoms with van der Waals surface area (Å²) in [7, 11) is 0. The standard InChI is InChI=1S/C22H29ClN2O2/c1-14(18-2-4-19(23)5-3-18)25-21(27)13-24-20(26)12-22-9-15-6-16(10-22)8-17(7-15)11-22/h2-5,14-17H,6-13H2,1H3,(H,24,26)(H,25,27)/t14-,15?,16?,17?,22?/m0/s1. The number of hydrogen-bond acceptors (Lipinski definition) is 2. The average molecular weight is 389 g/mol. The number of nitrogens with one attached hydrogen (secondary N) is 2. The zero-order chi connectivity index (χ0) is 19.0. The lowest BCUT2D eigenvalue weighted by molar-refractivity contribution is -0.132. The molecule has 4 saturated carbocycles. The molecule has 27 heavy (non-hydrogen) atoms. The van der Waals surface area contributed by atoms with Gasteiger partial charge in [-0.2, -0.15) is 0 Å². The van der Waals surface area contributed by atoms with Crippen LogP contribution >= 0.6 is 11.6 Å². The van der Waals surface area contributed by atoms with Crippen LogP contribution in [0.1, 0.15) is 63.5 Å². The minimum Gasteiger partial charge on any atom is -0.348 e. The van der Waals surface area contributed by atoms with Gasteiger partial charge in [0.25, 0.3) is 0 Å². The Bertz CT molecular complexity index is 680. The van der Waals surface area contributed by atoms with E-state index in [9.17, 15) is 9.59 Å². The number of amides is 2. The quantitative estimate of drug-likeness (QED) is 0.765. The van der Waals surface area contributed by atoms with E-state index in [1.807, 2.05) is 31.2 Å². The van der Waals surface area contributed by atoms with Crippen LogP contribution in [0.3, 0.4) is 0 Å². The molecule has 0 saturated heterocycles. The second kappa shape index (κ2) is 7.46. The molecule has 0 unspecified atom stereocenters. The molecule has 4 aliphatic rings. The van der Waals surface area contributed by atoms with Crippen LogP contribution in [-0.2, 0) is 9.59 Å². The summed E-state index contributed by atoms with van der Waals surface area (Å²) >= 11 is 5.90. The van der Waals surface area contributed by atoms with E-state index < -0.39 is 0 Å². The summed E-state index contributed by atoms with van der Waals surface area (Å²) < 4.78 is 0. The van der Waals surface area contributed by atoms with Crippen LogP contribution in [0.15, 0.2) is 24.3 Å². The van der Waals surface area contributed by atoms with Crippen molar-refractivity contribution in [3.63, 3.8) is 0 Å². The van der Waals surface area contributed by atoms with Crippen molar-refractivity contribution in [1.82, 2.24) is 10.6 Å². The Labute approximate surface area is 166 Å². The molecular weight excluding hydrogens is 360 g/mol. The summed E-state index contributed by atoms with van der Waals surface area (Å²) in [6, 6.07) is 7.31. The summed E-state index contributed by atoms with van der Waals surface area (Å²) in [5.41, 5.74) is 1.21. The van der Waals surface area contributed by atoms with Gasteiger partial charge in [0, 0.05) is 11.4 Å². The van der Waals surface area contributed by atoms with Gasteiger partial charge in [0.05, 0.1) is 12.6 Å². The molecule has 0 aromatic heterocycles. The monoisotopic (exact) mass is 388 g/mol. The lowest BCUT2D eigenvalue weighted by Crippen LogP contribution is -2.48. The van der Waals surface area contributed by atoms with Crippen LogP contribution < -0.4 is 10.6 Å². The molecule has 4 nitrogen and oxygen atoms in total. The van der Waals surface area contributed by atoms with Gasteiger partial charge < -0.3 is 10.6 Å². The Morgan fingerprint density at radius 2 is 1.59 bits per heavy atom. The maximum atomic E-state index is 12.5. The van der Waals surface area contributed by atoms with E-state index in [2.05, 4.69) is 10.6 Å². The number of hydrogen-bond donors (Lipinski definition) is 2. The highest BCUT2D eigenvalue weighted by atomic mass is 35.5. The number of rotatable bonds is 6. The normalized spacial score (nSPS) is 32.1. The van der Waals surface area contributed by atoms with Crippen LogP contribution in [0, 0.1) is 23.2 Å². The van der Waals surface area contributed by atoms with Crippen molar-refractivity contribution in [2.24, 2.45) is 23.2 Å². The number of carbonyl (C=O) groups is 2. The Morgan fingerprint density at radius 1 is 1.04 bits per heavy atom. The summed E-state index contributed by atoms with van der Waals surface area (Å²) in [5, 5.41) is 6.46. The molecule has 0 heterocycles. The maximum absolute atomic E-state index is 12.5. The van der Waals surface area contributed by atoms with Crippen molar-refractivity contribution in [1.29, 1.82) is 0 Å². The van der Waals surface area contributed by atoms with Gasteiger partial charge in [-0.1, -0.05) is 23.7 Å². The predicted octanol–water partition coefficient (Wildman–Crippen LogP) is 4.24. The third-order valence-electron chi connectivity index (χ3n) is 6.89. The van der Waals surface area contributed by atoms with E-state index in [1.54, 1.807) is 0 Å². The fourth-order valence-corrected chi connectivity index (χ4v) is 6.34. The van der Waals surface area contributed by atoms with Gasteiger partial charge in [0.15, 0.2) is 0 Å². The van der Waals surface area contributed by atoms with E-state index in [0.717, 1.165) is 23.3 Å². The number of benzene rings is 1. The largest absolute Gasteiger partial charge is 0.348 e. The Balaban J connectivity index is 1.24. The molecule has 1 atom stereocenters. The van der Waals surface area contributed by atoms with Crippen molar-refractivity contribution in [3.8, 4) is 0 Å². The van der Waals surface area contributed by atoms with Crippen molar-refractivity contribution < 1.29 is 9.59 Å². The molecule has 1 aromatic carbocycles. The Hall–Kier alpha value is -1.55. The summed E-state index contributed by atoms with van der Waals surface area (Å²) in [6.07, 6.45) is 8.38. The molecule has 2 amide bonds. The third kappa shape index (κ3) is 4.31. The van der Waals surface area contributed by atoms with Crippen LogP contribution in [0.25, 0.3) is 0 Å². The van der Waals surface area contributed by atoms with E-state index >= 15 is 0 Å². The molecule has 0 aliphatic heterocycles. The van der Waals surface area contributed by atoms with Crippen LogP contribution in [0.4, 0.5) is 0 Å². The fraction of sp³-hybridized carbons (Fsp3) is 0.636. The van der Waals surface area contributed by atoms with Crippen LogP contribution in [0.5, 0.6) is 0 Å². The molecule has 5 rings (SSSR count). The second-order valence-corrected chi connectivity index (χ2v) is 9.65. The first-order valence-corrected chi connectivity index (χ1v) is 10.6. The zero-order valence-electron chi connectivity index (χ0n) is 16.0. The van der Waals surface area contributed by atoms with Crippen molar-refractivity contribution >= 4 is 23.4 Å². The molecule has 4 bridgehead atoms. The molecule has 0 spiro atoms. The highest BCUT2D eigenvalue weighted by Crippen LogP contribution is 2.61. The molecule has 5 heteroatoms.